The molecule has 1 heterocycles. The van der Waals surface area contributed by atoms with Crippen molar-refractivity contribution in [3.63, 3.8) is 0 Å². The number of rotatable bonds is 11. The van der Waals surface area contributed by atoms with Crippen LogP contribution in [0.3, 0.4) is 0 Å². The van der Waals surface area contributed by atoms with Crippen molar-refractivity contribution >= 4 is 5.91 Å². The Balaban J connectivity index is 1.69. The molecule has 0 aliphatic rings. The lowest BCUT2D eigenvalue weighted by Gasteiger charge is -2.05. The summed E-state index contributed by atoms with van der Waals surface area (Å²) in [5.74, 6) is 1.29. The van der Waals surface area contributed by atoms with E-state index in [9.17, 15) is 4.79 Å². The summed E-state index contributed by atoms with van der Waals surface area (Å²) in [6, 6.07) is 7.49. The lowest BCUT2D eigenvalue weighted by molar-refractivity contribution is -0.122. The number of benzene rings is 1. The van der Waals surface area contributed by atoms with Crippen LogP contribution in [0.4, 0.5) is 0 Å². The summed E-state index contributed by atoms with van der Waals surface area (Å²) >= 11 is 0. The van der Waals surface area contributed by atoms with Gasteiger partial charge in [0.1, 0.15) is 12.0 Å². The van der Waals surface area contributed by atoms with Crippen LogP contribution in [-0.2, 0) is 20.7 Å². The van der Waals surface area contributed by atoms with Gasteiger partial charge in [0.15, 0.2) is 0 Å². The molecule has 0 fully saturated rings. The number of carbonyl (C=O) groups is 1. The molecule has 1 aromatic carbocycles. The Labute approximate surface area is 147 Å². The summed E-state index contributed by atoms with van der Waals surface area (Å²) in [5, 5.41) is 2.84. The fourth-order valence-electron chi connectivity index (χ4n) is 2.12. The number of oxazole rings is 1. The SMILES string of the molecule is COCCOCCC(=O)NCCc1coc(-c2ccc(OC)cc2)n1. The Kier molecular flexibility index (Phi) is 7.94. The van der Waals surface area contributed by atoms with Gasteiger partial charge in [0.2, 0.25) is 11.8 Å². The van der Waals surface area contributed by atoms with E-state index in [0.29, 0.717) is 45.1 Å². The molecule has 1 amide bonds. The number of hydrogen-bond acceptors (Lipinski definition) is 6. The third kappa shape index (κ3) is 6.56. The molecule has 7 nitrogen and oxygen atoms in total. The number of methoxy groups -OCH3 is 2. The first-order valence-electron chi connectivity index (χ1n) is 8.15. The van der Waals surface area contributed by atoms with Crippen molar-refractivity contribution in [2.75, 3.05) is 40.6 Å². The van der Waals surface area contributed by atoms with E-state index in [4.69, 9.17) is 18.6 Å². The summed E-state index contributed by atoms with van der Waals surface area (Å²) in [5.41, 5.74) is 1.67. The number of nitrogens with one attached hydrogen (secondary N) is 1. The average molecular weight is 348 g/mol. The first kappa shape index (κ1) is 19.0. The third-order valence-electron chi connectivity index (χ3n) is 3.50. The molecule has 0 atom stereocenters. The van der Waals surface area contributed by atoms with Crippen molar-refractivity contribution in [3.8, 4) is 17.2 Å². The third-order valence-corrected chi connectivity index (χ3v) is 3.50. The van der Waals surface area contributed by atoms with Gasteiger partial charge in [-0.3, -0.25) is 4.79 Å². The van der Waals surface area contributed by atoms with E-state index in [2.05, 4.69) is 10.3 Å². The van der Waals surface area contributed by atoms with Gasteiger partial charge < -0.3 is 23.9 Å². The van der Waals surface area contributed by atoms with Gasteiger partial charge in [0.05, 0.1) is 32.6 Å². The van der Waals surface area contributed by atoms with Gasteiger partial charge in [0, 0.05) is 32.1 Å². The average Bonchev–Trinajstić information content (AvgIpc) is 3.10. The minimum absolute atomic E-state index is 0.0451. The molecule has 136 valence electrons. The molecule has 7 heteroatoms. The Hall–Kier alpha value is -2.38. The van der Waals surface area contributed by atoms with E-state index in [1.54, 1.807) is 20.5 Å². The minimum atomic E-state index is -0.0451. The maximum Gasteiger partial charge on any atom is 0.226 e. The van der Waals surface area contributed by atoms with Crippen LogP contribution in [0.5, 0.6) is 5.75 Å². The van der Waals surface area contributed by atoms with Gasteiger partial charge in [-0.1, -0.05) is 0 Å². The van der Waals surface area contributed by atoms with Gasteiger partial charge in [-0.2, -0.15) is 0 Å². The largest absolute Gasteiger partial charge is 0.497 e. The van der Waals surface area contributed by atoms with Crippen LogP contribution in [0.1, 0.15) is 12.1 Å². The second kappa shape index (κ2) is 10.5. The quantitative estimate of drug-likeness (QED) is 0.626. The lowest BCUT2D eigenvalue weighted by Crippen LogP contribution is -2.26. The van der Waals surface area contributed by atoms with Crippen molar-refractivity contribution < 1.29 is 23.4 Å². The van der Waals surface area contributed by atoms with Gasteiger partial charge in [-0.25, -0.2) is 4.98 Å². The fraction of sp³-hybridized carbons (Fsp3) is 0.444. The van der Waals surface area contributed by atoms with Gasteiger partial charge >= 0.3 is 0 Å². The van der Waals surface area contributed by atoms with E-state index < -0.39 is 0 Å². The monoisotopic (exact) mass is 348 g/mol. The molecule has 0 unspecified atom stereocenters. The molecule has 0 saturated carbocycles. The number of ether oxygens (including phenoxy) is 3. The summed E-state index contributed by atoms with van der Waals surface area (Å²) < 4.78 is 20.7. The highest BCUT2D eigenvalue weighted by atomic mass is 16.5. The molecule has 0 aliphatic heterocycles. The van der Waals surface area contributed by atoms with E-state index in [1.807, 2.05) is 24.3 Å². The smallest absolute Gasteiger partial charge is 0.226 e. The molecule has 25 heavy (non-hydrogen) atoms. The van der Waals surface area contributed by atoms with Crippen LogP contribution >= 0.6 is 0 Å². The van der Waals surface area contributed by atoms with E-state index in [1.165, 1.54) is 0 Å². The Morgan fingerprint density at radius 3 is 2.68 bits per heavy atom. The van der Waals surface area contributed by atoms with Crippen LogP contribution in [0.15, 0.2) is 34.9 Å². The van der Waals surface area contributed by atoms with Crippen molar-refractivity contribution in [2.45, 2.75) is 12.8 Å². The number of amides is 1. The molecule has 0 aliphatic carbocycles. The molecule has 0 radical (unpaired) electrons. The topological polar surface area (TPSA) is 82.8 Å². The highest BCUT2D eigenvalue weighted by Crippen LogP contribution is 2.21. The summed E-state index contributed by atoms with van der Waals surface area (Å²) in [7, 11) is 3.23. The maximum absolute atomic E-state index is 11.7. The number of hydrogen-bond donors (Lipinski definition) is 1. The van der Waals surface area contributed by atoms with Gasteiger partial charge in [-0.15, -0.1) is 0 Å². The van der Waals surface area contributed by atoms with E-state index >= 15 is 0 Å². The van der Waals surface area contributed by atoms with Crippen LogP contribution < -0.4 is 10.1 Å². The Morgan fingerprint density at radius 2 is 1.96 bits per heavy atom. The van der Waals surface area contributed by atoms with E-state index in [0.717, 1.165) is 17.0 Å². The lowest BCUT2D eigenvalue weighted by atomic mass is 10.2. The molecular formula is C18H24N2O5. The standard InChI is InChI=1S/C18H24N2O5/c1-22-11-12-24-10-8-17(21)19-9-7-15-13-25-18(20-15)14-3-5-16(23-2)6-4-14/h3-6,13H,7-12H2,1-2H3,(H,19,21). The van der Waals surface area contributed by atoms with E-state index in [-0.39, 0.29) is 5.91 Å². The van der Waals surface area contributed by atoms with Gasteiger partial charge in [0.25, 0.3) is 0 Å². The number of carbonyl (C=O) groups excluding carboxylic acids is 1. The summed E-state index contributed by atoms with van der Waals surface area (Å²) in [6.07, 6.45) is 2.55. The molecule has 2 rings (SSSR count). The second-order valence-corrected chi connectivity index (χ2v) is 5.33. The zero-order valence-electron chi connectivity index (χ0n) is 14.6. The minimum Gasteiger partial charge on any atom is -0.497 e. The molecule has 2 aromatic rings. The second-order valence-electron chi connectivity index (χ2n) is 5.33. The zero-order valence-corrected chi connectivity index (χ0v) is 14.6. The molecule has 0 saturated heterocycles. The predicted molar refractivity (Wildman–Crippen MR) is 92.5 cm³/mol. The first-order chi connectivity index (χ1) is 12.2. The summed E-state index contributed by atoms with van der Waals surface area (Å²) in [4.78, 5) is 16.1. The van der Waals surface area contributed by atoms with Crippen molar-refractivity contribution in [3.05, 3.63) is 36.2 Å². The van der Waals surface area contributed by atoms with Crippen molar-refractivity contribution in [2.24, 2.45) is 0 Å². The zero-order chi connectivity index (χ0) is 17.9. The van der Waals surface area contributed by atoms with Gasteiger partial charge in [-0.05, 0) is 24.3 Å². The molecule has 0 spiro atoms. The number of nitrogens with zero attached hydrogens (tertiary/aromatic N) is 1. The van der Waals surface area contributed by atoms with Crippen LogP contribution in [0.25, 0.3) is 11.5 Å². The molecule has 1 N–H and O–H groups in total. The fourth-order valence-corrected chi connectivity index (χ4v) is 2.12. The van der Waals surface area contributed by atoms with Crippen LogP contribution in [0.2, 0.25) is 0 Å². The normalized spacial score (nSPS) is 10.6. The summed E-state index contributed by atoms with van der Waals surface area (Å²) in [6.45, 7) is 1.92. The highest BCUT2D eigenvalue weighted by molar-refractivity contribution is 5.75. The predicted octanol–water partition coefficient (Wildman–Crippen LogP) is 2.06. The molecule has 1 aromatic heterocycles. The highest BCUT2D eigenvalue weighted by Gasteiger charge is 2.08. The van der Waals surface area contributed by atoms with Crippen LogP contribution in [0, 0.1) is 0 Å². The number of aromatic nitrogens is 1. The van der Waals surface area contributed by atoms with Crippen LogP contribution in [-0.4, -0.2) is 51.5 Å². The Morgan fingerprint density at radius 1 is 1.16 bits per heavy atom. The first-order valence-corrected chi connectivity index (χ1v) is 8.15. The maximum atomic E-state index is 11.7. The Bertz CT molecular complexity index is 639. The molecule has 0 bridgehead atoms. The van der Waals surface area contributed by atoms with Crippen molar-refractivity contribution in [1.82, 2.24) is 10.3 Å². The molecular weight excluding hydrogens is 324 g/mol. The van der Waals surface area contributed by atoms with Crippen molar-refractivity contribution in [1.29, 1.82) is 0 Å².